The molecule has 0 amide bonds. The Kier molecular flexibility index (Phi) is 3.10. The fraction of sp³-hybridized carbons (Fsp3) is 0.105. The zero-order valence-electron chi connectivity index (χ0n) is 13.7. The van der Waals surface area contributed by atoms with Gasteiger partial charge >= 0.3 is 0 Å². The molecule has 134 valence electrons. The summed E-state index contributed by atoms with van der Waals surface area (Å²) >= 11 is 0. The van der Waals surface area contributed by atoms with E-state index in [0.29, 0.717) is 22.7 Å². The van der Waals surface area contributed by atoms with Crippen LogP contribution in [0.5, 0.6) is 0 Å². The van der Waals surface area contributed by atoms with Crippen molar-refractivity contribution in [3.63, 3.8) is 0 Å². The minimum Gasteiger partial charge on any atom is -0.354 e. The largest absolute Gasteiger partial charge is 0.354 e. The van der Waals surface area contributed by atoms with Gasteiger partial charge < -0.3 is 5.32 Å². The summed E-state index contributed by atoms with van der Waals surface area (Å²) in [5, 5.41) is 3.26. The van der Waals surface area contributed by atoms with Gasteiger partial charge in [0.05, 0.1) is 11.9 Å². The number of halogens is 3. The summed E-state index contributed by atoms with van der Waals surface area (Å²) in [4.78, 5) is 19.8. The molecule has 5 nitrogen and oxygen atoms in total. The summed E-state index contributed by atoms with van der Waals surface area (Å²) in [5.74, 6) is -0.663. The molecule has 1 aliphatic heterocycles. The van der Waals surface area contributed by atoms with Gasteiger partial charge in [-0.05, 0) is 35.9 Å². The van der Waals surface area contributed by atoms with Crippen LogP contribution in [0, 0.1) is 11.8 Å². The molecule has 27 heavy (non-hydrogen) atoms. The standard InChI is InChI=1S/C19H11F3N4O/c20-12-4-2-11(3-5-12)19-13-6-7-14(21)23-16(13)17(19)24-18(25-19)10-1-8-15(27)26(22)9-10/h1-9,17H,(H,24,25)/t17-,19?/m0/s1. The van der Waals surface area contributed by atoms with Crippen LogP contribution in [-0.4, -0.2) is 15.6 Å². The lowest BCUT2D eigenvalue weighted by atomic mass is 9.66. The van der Waals surface area contributed by atoms with Crippen molar-refractivity contribution in [2.45, 2.75) is 11.6 Å². The van der Waals surface area contributed by atoms with Crippen molar-refractivity contribution in [1.29, 1.82) is 0 Å². The number of aromatic nitrogens is 2. The van der Waals surface area contributed by atoms with E-state index in [2.05, 4.69) is 15.3 Å². The van der Waals surface area contributed by atoms with Crippen molar-refractivity contribution < 1.29 is 13.3 Å². The summed E-state index contributed by atoms with van der Waals surface area (Å²) < 4.78 is 40.7. The van der Waals surface area contributed by atoms with Gasteiger partial charge in [0.1, 0.15) is 23.2 Å². The van der Waals surface area contributed by atoms with Crippen LogP contribution in [0.1, 0.15) is 28.4 Å². The molecule has 0 bridgehead atoms. The molecule has 8 heteroatoms. The molecule has 1 N–H and O–H groups in total. The molecule has 1 unspecified atom stereocenters. The number of nitrogens with one attached hydrogen (secondary N) is 1. The second-order valence-electron chi connectivity index (χ2n) is 6.45. The Labute approximate surface area is 150 Å². The second kappa shape index (κ2) is 5.29. The first-order chi connectivity index (χ1) is 13.0. The highest BCUT2D eigenvalue weighted by Crippen LogP contribution is 2.56. The minimum absolute atomic E-state index is 0.0324. The van der Waals surface area contributed by atoms with Crippen LogP contribution in [0.4, 0.5) is 13.3 Å². The summed E-state index contributed by atoms with van der Waals surface area (Å²) in [5.41, 5.74) is 0.626. The van der Waals surface area contributed by atoms with Crippen molar-refractivity contribution in [2.24, 2.45) is 4.99 Å². The van der Waals surface area contributed by atoms with E-state index in [1.54, 1.807) is 18.2 Å². The molecule has 1 aromatic carbocycles. The highest BCUT2D eigenvalue weighted by atomic mass is 19.2. The third-order valence-corrected chi connectivity index (χ3v) is 5.00. The van der Waals surface area contributed by atoms with Gasteiger partial charge in [-0.3, -0.25) is 9.79 Å². The lowest BCUT2D eigenvalue weighted by molar-refractivity contribution is 0.340. The summed E-state index contributed by atoms with van der Waals surface area (Å²) in [6.45, 7) is 0. The molecule has 5 rings (SSSR count). The van der Waals surface area contributed by atoms with E-state index < -0.39 is 23.1 Å². The Bertz CT molecular complexity index is 1170. The number of pyridine rings is 2. The Hall–Kier alpha value is -3.42. The van der Waals surface area contributed by atoms with Crippen molar-refractivity contribution >= 4 is 5.84 Å². The van der Waals surface area contributed by atoms with E-state index in [0.717, 1.165) is 17.8 Å². The number of benzene rings is 1. The van der Waals surface area contributed by atoms with Gasteiger partial charge in [0.15, 0.2) is 0 Å². The predicted octanol–water partition coefficient (Wildman–Crippen LogP) is 2.60. The van der Waals surface area contributed by atoms with Gasteiger partial charge in [0, 0.05) is 17.2 Å². The Morgan fingerprint density at radius 3 is 2.56 bits per heavy atom. The second-order valence-corrected chi connectivity index (χ2v) is 6.45. The molecule has 0 spiro atoms. The van der Waals surface area contributed by atoms with Crippen molar-refractivity contribution in [1.82, 2.24) is 15.1 Å². The first-order valence-corrected chi connectivity index (χ1v) is 8.17. The van der Waals surface area contributed by atoms with Crippen molar-refractivity contribution in [3.8, 4) is 0 Å². The SMILES string of the molecule is O=c1ccc(C2=N[C@H]3c4nc(F)ccc4C3(c3ccc(F)cc3)N2)cn1F. The van der Waals surface area contributed by atoms with E-state index in [9.17, 15) is 18.1 Å². The molecule has 3 heterocycles. The molecule has 2 atom stereocenters. The number of fused-ring (bicyclic) bond motifs is 4. The number of amidine groups is 1. The topological polar surface area (TPSA) is 59.3 Å². The Balaban J connectivity index is 1.66. The molecule has 0 radical (unpaired) electrons. The molecule has 3 aromatic rings. The number of aliphatic imine (C=N–C) groups is 1. The highest BCUT2D eigenvalue weighted by Gasteiger charge is 2.58. The average Bonchev–Trinajstić information content (AvgIpc) is 3.00. The van der Waals surface area contributed by atoms with Gasteiger partial charge in [-0.25, -0.2) is 9.37 Å². The third-order valence-electron chi connectivity index (χ3n) is 5.00. The third kappa shape index (κ3) is 2.09. The average molecular weight is 368 g/mol. The van der Waals surface area contributed by atoms with Crippen LogP contribution in [0.25, 0.3) is 0 Å². The van der Waals surface area contributed by atoms with E-state index in [1.165, 1.54) is 24.3 Å². The first kappa shape index (κ1) is 15.8. The van der Waals surface area contributed by atoms with Gasteiger partial charge in [-0.15, -0.1) is 4.79 Å². The molecular weight excluding hydrogens is 357 g/mol. The molecule has 1 aliphatic carbocycles. The molecule has 0 fully saturated rings. The number of nitrogens with zero attached hydrogens (tertiary/aromatic N) is 3. The lowest BCUT2D eigenvalue weighted by Gasteiger charge is -2.45. The minimum atomic E-state index is -0.851. The number of hydrogen-bond acceptors (Lipinski definition) is 4. The van der Waals surface area contributed by atoms with Crippen molar-refractivity contribution in [2.75, 3.05) is 0 Å². The summed E-state index contributed by atoms with van der Waals surface area (Å²) in [6, 6.07) is 10.8. The quantitative estimate of drug-likeness (QED) is 0.708. The summed E-state index contributed by atoms with van der Waals surface area (Å²) in [7, 11) is 0. The smallest absolute Gasteiger partial charge is 0.278 e. The van der Waals surface area contributed by atoms with Gasteiger partial charge in [-0.2, -0.15) is 4.39 Å². The molecular formula is C19H11F3N4O. The van der Waals surface area contributed by atoms with E-state index >= 15 is 0 Å². The molecule has 2 aromatic heterocycles. The van der Waals surface area contributed by atoms with Crippen molar-refractivity contribution in [3.05, 3.63) is 99.2 Å². The number of rotatable bonds is 2. The van der Waals surface area contributed by atoms with Crippen LogP contribution in [0.2, 0.25) is 0 Å². The van der Waals surface area contributed by atoms with Crippen LogP contribution in [0.3, 0.4) is 0 Å². The molecule has 2 aliphatic rings. The van der Waals surface area contributed by atoms with Crippen LogP contribution in [0.15, 0.2) is 64.5 Å². The monoisotopic (exact) mass is 368 g/mol. The highest BCUT2D eigenvalue weighted by molar-refractivity contribution is 6.02. The first-order valence-electron chi connectivity index (χ1n) is 8.17. The maximum atomic E-state index is 13.6. The zero-order chi connectivity index (χ0) is 18.8. The Morgan fingerprint density at radius 1 is 1.04 bits per heavy atom. The van der Waals surface area contributed by atoms with Gasteiger partial charge in [-0.1, -0.05) is 16.6 Å². The number of hydrogen-bond donors (Lipinski definition) is 1. The maximum Gasteiger partial charge on any atom is 0.278 e. The van der Waals surface area contributed by atoms with Crippen LogP contribution >= 0.6 is 0 Å². The predicted molar refractivity (Wildman–Crippen MR) is 91.0 cm³/mol. The summed E-state index contributed by atoms with van der Waals surface area (Å²) in [6.07, 6.45) is 1.02. The molecule has 0 saturated carbocycles. The van der Waals surface area contributed by atoms with Gasteiger partial charge in [0.25, 0.3) is 5.56 Å². The maximum absolute atomic E-state index is 13.6. The Morgan fingerprint density at radius 2 is 1.81 bits per heavy atom. The molecule has 0 saturated heterocycles. The van der Waals surface area contributed by atoms with Crippen LogP contribution < -0.4 is 10.9 Å². The van der Waals surface area contributed by atoms with Crippen LogP contribution in [-0.2, 0) is 5.54 Å². The van der Waals surface area contributed by atoms with E-state index in [1.807, 2.05) is 0 Å². The van der Waals surface area contributed by atoms with E-state index in [4.69, 9.17) is 0 Å². The lowest BCUT2D eigenvalue weighted by Crippen LogP contribution is -2.52. The van der Waals surface area contributed by atoms with Gasteiger partial charge in [0.2, 0.25) is 5.95 Å². The fourth-order valence-electron chi connectivity index (χ4n) is 3.75. The fourth-order valence-corrected chi connectivity index (χ4v) is 3.75. The van der Waals surface area contributed by atoms with E-state index in [-0.39, 0.29) is 10.6 Å². The zero-order valence-corrected chi connectivity index (χ0v) is 13.7. The normalized spacial score (nSPS) is 22.3.